The normalized spacial score (nSPS) is 10.8. The molecule has 0 amide bonds. The van der Waals surface area contributed by atoms with Gasteiger partial charge in [0, 0.05) is 23.5 Å². The molecule has 0 spiro atoms. The van der Waals surface area contributed by atoms with Gasteiger partial charge in [-0.15, -0.1) is 0 Å². The Morgan fingerprint density at radius 1 is 0.741 bits per heavy atom. The third kappa shape index (κ3) is 3.19. The molecule has 0 saturated carbocycles. The largest absolute Gasteiger partial charge is 0.496 e. The predicted molar refractivity (Wildman–Crippen MR) is 107 cm³/mol. The van der Waals surface area contributed by atoms with E-state index in [-0.39, 0.29) is 0 Å². The first-order chi connectivity index (χ1) is 13.2. The molecule has 1 N–H and O–H groups in total. The first-order valence-corrected chi connectivity index (χ1v) is 8.74. The molecular weight excluding hydrogens is 336 g/mol. The number of benzene rings is 2. The van der Waals surface area contributed by atoms with Crippen LogP contribution in [0.2, 0.25) is 0 Å². The summed E-state index contributed by atoms with van der Waals surface area (Å²) >= 11 is 0. The van der Waals surface area contributed by atoms with E-state index in [0.717, 1.165) is 50.5 Å². The fourth-order valence-electron chi connectivity index (χ4n) is 3.17. The van der Waals surface area contributed by atoms with Crippen molar-refractivity contribution < 1.29 is 4.74 Å². The van der Waals surface area contributed by atoms with E-state index in [9.17, 15) is 0 Å². The van der Waals surface area contributed by atoms with Crippen LogP contribution in [0.1, 0.15) is 11.1 Å². The summed E-state index contributed by atoms with van der Waals surface area (Å²) in [5.41, 5.74) is 8.19. The average Bonchev–Trinajstić information content (AvgIpc) is 3.20. The van der Waals surface area contributed by atoms with E-state index in [2.05, 4.69) is 64.6 Å². The van der Waals surface area contributed by atoms with Crippen molar-refractivity contribution in [1.29, 1.82) is 0 Å². The Bertz CT molecular complexity index is 1070. The van der Waals surface area contributed by atoms with Crippen molar-refractivity contribution in [2.24, 2.45) is 0 Å². The molecule has 5 heteroatoms. The van der Waals surface area contributed by atoms with E-state index >= 15 is 0 Å². The Morgan fingerprint density at radius 2 is 1.33 bits per heavy atom. The standard InChI is InChI=1S/C22H20N4O/c1-14-12-19(13-20(27-3)15(14)2)22-21(24-26-25-22)18-6-4-16(5-7-18)17-8-10-23-11-9-17/h4-13H,1-3H3,(H,24,25,26). The maximum atomic E-state index is 5.51. The van der Waals surface area contributed by atoms with E-state index in [1.807, 2.05) is 18.2 Å². The second kappa shape index (κ2) is 7.03. The Morgan fingerprint density at radius 3 is 2.00 bits per heavy atom. The number of hydrogen-bond donors (Lipinski definition) is 1. The molecule has 0 saturated heterocycles. The van der Waals surface area contributed by atoms with Gasteiger partial charge in [0.15, 0.2) is 0 Å². The summed E-state index contributed by atoms with van der Waals surface area (Å²) in [6.07, 6.45) is 3.60. The molecule has 2 aromatic heterocycles. The van der Waals surface area contributed by atoms with Crippen molar-refractivity contribution in [3.63, 3.8) is 0 Å². The van der Waals surface area contributed by atoms with E-state index < -0.39 is 0 Å². The quantitative estimate of drug-likeness (QED) is 0.569. The number of aromatic nitrogens is 4. The molecule has 0 bridgehead atoms. The molecule has 2 aromatic carbocycles. The van der Waals surface area contributed by atoms with Crippen molar-refractivity contribution in [3.8, 4) is 39.4 Å². The maximum Gasteiger partial charge on any atom is 0.122 e. The van der Waals surface area contributed by atoms with Crippen LogP contribution in [0.15, 0.2) is 60.9 Å². The Labute approximate surface area is 158 Å². The Hall–Kier alpha value is -3.47. The van der Waals surface area contributed by atoms with Crippen LogP contribution in [-0.4, -0.2) is 27.5 Å². The molecule has 0 aliphatic heterocycles. The van der Waals surface area contributed by atoms with Gasteiger partial charge in [-0.25, -0.2) is 0 Å². The van der Waals surface area contributed by atoms with E-state index in [0.29, 0.717) is 0 Å². The lowest BCUT2D eigenvalue weighted by Gasteiger charge is -2.10. The second-order valence-corrected chi connectivity index (χ2v) is 6.45. The number of aromatic amines is 1. The molecule has 0 radical (unpaired) electrons. The van der Waals surface area contributed by atoms with Gasteiger partial charge in [0.25, 0.3) is 0 Å². The number of H-pyrrole nitrogens is 1. The molecule has 4 aromatic rings. The highest BCUT2D eigenvalue weighted by atomic mass is 16.5. The van der Waals surface area contributed by atoms with Gasteiger partial charge in [0.2, 0.25) is 0 Å². The summed E-state index contributed by atoms with van der Waals surface area (Å²) in [7, 11) is 1.69. The Balaban J connectivity index is 1.74. The summed E-state index contributed by atoms with van der Waals surface area (Å²) in [6, 6.07) is 16.4. The summed E-state index contributed by atoms with van der Waals surface area (Å²) in [4.78, 5) is 4.07. The highest BCUT2D eigenvalue weighted by Gasteiger charge is 2.15. The average molecular weight is 356 g/mol. The van der Waals surface area contributed by atoms with Gasteiger partial charge in [-0.05, 0) is 60.4 Å². The monoisotopic (exact) mass is 356 g/mol. The fourth-order valence-corrected chi connectivity index (χ4v) is 3.17. The highest BCUT2D eigenvalue weighted by molar-refractivity contribution is 5.80. The number of nitrogens with zero attached hydrogens (tertiary/aromatic N) is 3. The van der Waals surface area contributed by atoms with Crippen molar-refractivity contribution in [2.75, 3.05) is 7.11 Å². The molecular formula is C22H20N4O. The van der Waals surface area contributed by atoms with Gasteiger partial charge in [-0.3, -0.25) is 4.98 Å². The molecule has 0 aliphatic carbocycles. The van der Waals surface area contributed by atoms with Gasteiger partial charge in [0.05, 0.1) is 7.11 Å². The predicted octanol–water partition coefficient (Wildman–Crippen LogP) is 4.83. The topological polar surface area (TPSA) is 63.7 Å². The summed E-state index contributed by atoms with van der Waals surface area (Å²) in [5.74, 6) is 0.854. The molecule has 4 rings (SSSR count). The number of pyridine rings is 1. The van der Waals surface area contributed by atoms with E-state index in [1.165, 1.54) is 0 Å². The van der Waals surface area contributed by atoms with Crippen LogP contribution >= 0.6 is 0 Å². The minimum atomic E-state index is 0.813. The number of nitrogens with one attached hydrogen (secondary N) is 1. The second-order valence-electron chi connectivity index (χ2n) is 6.45. The number of methoxy groups -OCH3 is 1. The maximum absolute atomic E-state index is 5.51. The summed E-state index contributed by atoms with van der Waals surface area (Å²) in [5, 5.41) is 11.5. The number of rotatable bonds is 4. The number of hydrogen-bond acceptors (Lipinski definition) is 4. The molecule has 27 heavy (non-hydrogen) atoms. The molecule has 134 valence electrons. The van der Waals surface area contributed by atoms with Crippen LogP contribution in [-0.2, 0) is 0 Å². The molecule has 0 aliphatic rings. The van der Waals surface area contributed by atoms with Gasteiger partial charge in [0.1, 0.15) is 17.1 Å². The first-order valence-electron chi connectivity index (χ1n) is 8.74. The van der Waals surface area contributed by atoms with Crippen LogP contribution in [0.25, 0.3) is 33.6 Å². The number of ether oxygens (including phenoxy) is 1. The minimum absolute atomic E-state index is 0.813. The van der Waals surface area contributed by atoms with Crippen LogP contribution in [0.5, 0.6) is 5.75 Å². The zero-order valence-corrected chi connectivity index (χ0v) is 15.5. The Kier molecular flexibility index (Phi) is 4.42. The minimum Gasteiger partial charge on any atom is -0.496 e. The van der Waals surface area contributed by atoms with Crippen molar-refractivity contribution in [3.05, 3.63) is 72.1 Å². The van der Waals surface area contributed by atoms with Crippen molar-refractivity contribution >= 4 is 0 Å². The van der Waals surface area contributed by atoms with E-state index in [1.54, 1.807) is 19.5 Å². The van der Waals surface area contributed by atoms with Crippen LogP contribution in [0.4, 0.5) is 0 Å². The third-order valence-corrected chi connectivity index (χ3v) is 4.83. The lowest BCUT2D eigenvalue weighted by Crippen LogP contribution is -1.93. The highest BCUT2D eigenvalue weighted by Crippen LogP contribution is 2.34. The van der Waals surface area contributed by atoms with E-state index in [4.69, 9.17) is 4.74 Å². The van der Waals surface area contributed by atoms with Crippen molar-refractivity contribution in [1.82, 2.24) is 20.4 Å². The fraction of sp³-hybridized carbons (Fsp3) is 0.136. The van der Waals surface area contributed by atoms with Crippen molar-refractivity contribution in [2.45, 2.75) is 13.8 Å². The molecule has 0 unspecified atom stereocenters. The summed E-state index contributed by atoms with van der Waals surface area (Å²) < 4.78 is 5.51. The molecule has 0 atom stereocenters. The zero-order valence-electron chi connectivity index (χ0n) is 15.5. The lowest BCUT2D eigenvalue weighted by molar-refractivity contribution is 0.411. The molecule has 5 nitrogen and oxygen atoms in total. The number of aryl methyl sites for hydroxylation is 1. The van der Waals surface area contributed by atoms with Crippen LogP contribution in [0.3, 0.4) is 0 Å². The third-order valence-electron chi connectivity index (χ3n) is 4.83. The van der Waals surface area contributed by atoms with Crippen LogP contribution in [0, 0.1) is 13.8 Å². The van der Waals surface area contributed by atoms with Crippen LogP contribution < -0.4 is 4.74 Å². The SMILES string of the molecule is COc1cc(-c2n[nH]nc2-c2ccc(-c3ccncc3)cc2)cc(C)c1C. The van der Waals surface area contributed by atoms with Gasteiger partial charge in [-0.2, -0.15) is 15.4 Å². The lowest BCUT2D eigenvalue weighted by atomic mass is 9.98. The zero-order chi connectivity index (χ0) is 18.8. The van der Waals surface area contributed by atoms with Gasteiger partial charge < -0.3 is 4.74 Å². The smallest absolute Gasteiger partial charge is 0.122 e. The first kappa shape index (κ1) is 17.0. The van der Waals surface area contributed by atoms with Gasteiger partial charge in [-0.1, -0.05) is 24.3 Å². The molecule has 0 fully saturated rings. The summed E-state index contributed by atoms with van der Waals surface area (Å²) in [6.45, 7) is 4.13. The van der Waals surface area contributed by atoms with Gasteiger partial charge >= 0.3 is 0 Å². The molecule has 2 heterocycles.